The lowest BCUT2D eigenvalue weighted by molar-refractivity contribution is -0.131. The molecule has 0 saturated heterocycles. The Balaban J connectivity index is 2.25. The van der Waals surface area contributed by atoms with Gasteiger partial charge in [0, 0.05) is 29.3 Å². The first-order chi connectivity index (χ1) is 13.3. The molecule has 0 saturated carbocycles. The Morgan fingerprint density at radius 1 is 1.25 bits per heavy atom. The first-order valence-corrected chi connectivity index (χ1v) is 11.5. The number of nitrogens with one attached hydrogen (secondary N) is 1. The van der Waals surface area contributed by atoms with Gasteiger partial charge in [-0.05, 0) is 51.6 Å². The summed E-state index contributed by atoms with van der Waals surface area (Å²) in [5.41, 5.74) is 1.47. The van der Waals surface area contributed by atoms with Crippen LogP contribution in [0.5, 0.6) is 0 Å². The van der Waals surface area contributed by atoms with Crippen LogP contribution in [0.15, 0.2) is 39.8 Å². The molecule has 2 rings (SSSR count). The standard InChI is InChI=1S/C21H27N3O2S2/c1-13(2)24(14(3)4)20(26)12-28-21-18(11-22)17(10-19(25)23-21)15-6-8-16(27-5)9-7-15/h6-9,13-14,17H,10,12H2,1-5H3,(H,23,25)/t17-/m0/s1. The summed E-state index contributed by atoms with van der Waals surface area (Å²) in [4.78, 5) is 27.9. The Bertz CT molecular complexity index is 787. The van der Waals surface area contributed by atoms with Crippen LogP contribution in [0, 0.1) is 11.3 Å². The van der Waals surface area contributed by atoms with Gasteiger partial charge in [0.2, 0.25) is 11.8 Å². The zero-order valence-corrected chi connectivity index (χ0v) is 18.6. The van der Waals surface area contributed by atoms with E-state index in [-0.39, 0.29) is 42.0 Å². The van der Waals surface area contributed by atoms with Crippen molar-refractivity contribution in [2.45, 2.75) is 57.0 Å². The third-order valence-corrected chi connectivity index (χ3v) is 6.36. The Kier molecular flexibility index (Phi) is 8.02. The second-order valence-electron chi connectivity index (χ2n) is 7.21. The number of benzene rings is 1. The first-order valence-electron chi connectivity index (χ1n) is 9.30. The second-order valence-corrected chi connectivity index (χ2v) is 9.08. The van der Waals surface area contributed by atoms with E-state index in [1.165, 1.54) is 11.8 Å². The zero-order chi connectivity index (χ0) is 20.8. The fourth-order valence-corrected chi connectivity index (χ4v) is 4.79. The van der Waals surface area contributed by atoms with Gasteiger partial charge in [-0.3, -0.25) is 9.59 Å². The van der Waals surface area contributed by atoms with Crippen molar-refractivity contribution in [1.29, 1.82) is 5.26 Å². The minimum Gasteiger partial charge on any atom is -0.337 e. The Morgan fingerprint density at radius 2 is 1.86 bits per heavy atom. The molecule has 0 fully saturated rings. The number of carbonyl (C=O) groups excluding carboxylic acids is 2. The molecule has 1 aliphatic rings. The van der Waals surface area contributed by atoms with Gasteiger partial charge in [-0.25, -0.2) is 0 Å². The summed E-state index contributed by atoms with van der Waals surface area (Å²) in [6, 6.07) is 10.4. The SMILES string of the molecule is CSc1ccc([C@@H]2CC(=O)NC(SCC(=O)N(C(C)C)C(C)C)=C2C#N)cc1. The van der Waals surface area contributed by atoms with Crippen molar-refractivity contribution in [2.24, 2.45) is 0 Å². The molecule has 2 amide bonds. The largest absolute Gasteiger partial charge is 0.337 e. The van der Waals surface area contributed by atoms with Crippen LogP contribution < -0.4 is 5.32 Å². The van der Waals surface area contributed by atoms with Crippen LogP contribution in [0.2, 0.25) is 0 Å². The Morgan fingerprint density at radius 3 is 2.36 bits per heavy atom. The molecule has 7 heteroatoms. The van der Waals surface area contributed by atoms with Gasteiger partial charge in [0.15, 0.2) is 0 Å². The molecule has 1 aliphatic heterocycles. The highest BCUT2D eigenvalue weighted by Gasteiger charge is 2.30. The molecule has 0 aliphatic carbocycles. The normalized spacial score (nSPS) is 16.9. The molecule has 0 radical (unpaired) electrons. The number of nitrogens with zero attached hydrogens (tertiary/aromatic N) is 2. The minimum absolute atomic E-state index is 0.000450. The summed E-state index contributed by atoms with van der Waals surface area (Å²) < 4.78 is 0. The Labute approximate surface area is 175 Å². The first kappa shape index (κ1) is 22.4. The summed E-state index contributed by atoms with van der Waals surface area (Å²) in [5, 5.41) is 13.1. The van der Waals surface area contributed by atoms with Crippen LogP contribution in [0.25, 0.3) is 0 Å². The summed E-state index contributed by atoms with van der Waals surface area (Å²) in [7, 11) is 0. The van der Waals surface area contributed by atoms with E-state index in [1.54, 1.807) is 11.8 Å². The topological polar surface area (TPSA) is 73.2 Å². The molecule has 28 heavy (non-hydrogen) atoms. The lowest BCUT2D eigenvalue weighted by atomic mass is 9.87. The second kappa shape index (κ2) is 10.0. The summed E-state index contributed by atoms with van der Waals surface area (Å²) >= 11 is 2.89. The predicted molar refractivity (Wildman–Crippen MR) is 116 cm³/mol. The molecule has 1 heterocycles. The van der Waals surface area contributed by atoms with Crippen molar-refractivity contribution in [1.82, 2.24) is 10.2 Å². The summed E-state index contributed by atoms with van der Waals surface area (Å²) in [6.07, 6.45) is 2.25. The number of nitriles is 1. The van der Waals surface area contributed by atoms with Crippen molar-refractivity contribution in [3.8, 4) is 6.07 Å². The fourth-order valence-electron chi connectivity index (χ4n) is 3.43. The van der Waals surface area contributed by atoms with Crippen LogP contribution in [-0.2, 0) is 9.59 Å². The van der Waals surface area contributed by atoms with E-state index in [4.69, 9.17) is 0 Å². The van der Waals surface area contributed by atoms with Crippen molar-refractivity contribution in [2.75, 3.05) is 12.0 Å². The summed E-state index contributed by atoms with van der Waals surface area (Å²) in [6.45, 7) is 7.94. The average molecular weight is 418 g/mol. The summed E-state index contributed by atoms with van der Waals surface area (Å²) in [5.74, 6) is -0.216. The number of amides is 2. The molecule has 1 aromatic rings. The lowest BCUT2D eigenvalue weighted by Gasteiger charge is -2.31. The minimum atomic E-state index is -0.279. The number of hydrogen-bond acceptors (Lipinski definition) is 5. The van der Waals surface area contributed by atoms with Crippen molar-refractivity contribution in [3.63, 3.8) is 0 Å². The molecule has 0 aromatic heterocycles. The molecule has 150 valence electrons. The highest BCUT2D eigenvalue weighted by Crippen LogP contribution is 2.36. The number of thioether (sulfide) groups is 2. The molecule has 0 unspecified atom stereocenters. The van der Waals surface area contributed by atoms with Gasteiger partial charge in [0.1, 0.15) is 0 Å². The molecule has 0 spiro atoms. The molecule has 0 bridgehead atoms. The monoisotopic (exact) mass is 417 g/mol. The van der Waals surface area contributed by atoms with E-state index in [2.05, 4.69) is 11.4 Å². The molecule has 5 nitrogen and oxygen atoms in total. The lowest BCUT2D eigenvalue weighted by Crippen LogP contribution is -2.43. The fraction of sp³-hybridized carbons (Fsp3) is 0.476. The predicted octanol–water partition coefficient (Wildman–Crippen LogP) is 4.13. The average Bonchev–Trinajstić information content (AvgIpc) is 2.65. The van der Waals surface area contributed by atoms with Crippen LogP contribution in [0.3, 0.4) is 0 Å². The van der Waals surface area contributed by atoms with Crippen LogP contribution in [0.4, 0.5) is 0 Å². The smallest absolute Gasteiger partial charge is 0.233 e. The number of rotatable bonds is 7. The van der Waals surface area contributed by atoms with E-state index in [9.17, 15) is 14.9 Å². The maximum absolute atomic E-state index is 12.7. The molecule has 1 N–H and O–H groups in total. The van der Waals surface area contributed by atoms with E-state index in [0.29, 0.717) is 10.6 Å². The van der Waals surface area contributed by atoms with Crippen LogP contribution >= 0.6 is 23.5 Å². The van der Waals surface area contributed by atoms with Gasteiger partial charge < -0.3 is 10.2 Å². The van der Waals surface area contributed by atoms with Crippen molar-refractivity contribution >= 4 is 35.3 Å². The molecular formula is C21H27N3O2S2. The third kappa shape index (κ3) is 5.33. The number of carbonyl (C=O) groups is 2. The quantitative estimate of drug-likeness (QED) is 0.676. The van der Waals surface area contributed by atoms with Gasteiger partial charge in [-0.1, -0.05) is 23.9 Å². The van der Waals surface area contributed by atoms with Crippen molar-refractivity contribution < 1.29 is 9.59 Å². The highest BCUT2D eigenvalue weighted by atomic mass is 32.2. The van der Waals surface area contributed by atoms with Gasteiger partial charge >= 0.3 is 0 Å². The van der Waals surface area contributed by atoms with Gasteiger partial charge in [0.25, 0.3) is 0 Å². The van der Waals surface area contributed by atoms with E-state index in [1.807, 2.05) is 63.1 Å². The zero-order valence-electron chi connectivity index (χ0n) is 17.0. The Hall–Kier alpha value is -1.91. The number of allylic oxidation sites excluding steroid dienone is 1. The molecular weight excluding hydrogens is 390 g/mol. The van der Waals surface area contributed by atoms with Crippen LogP contribution in [0.1, 0.15) is 45.6 Å². The van der Waals surface area contributed by atoms with E-state index >= 15 is 0 Å². The molecule has 1 aromatic carbocycles. The molecule has 1 atom stereocenters. The highest BCUT2D eigenvalue weighted by molar-refractivity contribution is 8.03. The van der Waals surface area contributed by atoms with Gasteiger partial charge in [-0.15, -0.1) is 11.8 Å². The van der Waals surface area contributed by atoms with Crippen LogP contribution in [-0.4, -0.2) is 40.8 Å². The van der Waals surface area contributed by atoms with Gasteiger partial charge in [0.05, 0.1) is 22.4 Å². The maximum Gasteiger partial charge on any atom is 0.233 e. The van der Waals surface area contributed by atoms with E-state index in [0.717, 1.165) is 10.5 Å². The van der Waals surface area contributed by atoms with E-state index < -0.39 is 0 Å². The van der Waals surface area contributed by atoms with Gasteiger partial charge in [-0.2, -0.15) is 5.26 Å². The van der Waals surface area contributed by atoms with Crippen molar-refractivity contribution in [3.05, 3.63) is 40.4 Å². The third-order valence-electron chi connectivity index (χ3n) is 4.61. The number of hydrogen-bond donors (Lipinski definition) is 1. The maximum atomic E-state index is 12.7.